The number of carbonyl (C=O) groups excluding carboxylic acids is 3. The van der Waals surface area contributed by atoms with Crippen LogP contribution in [0.15, 0.2) is 18.2 Å². The molecule has 158 valence electrons. The maximum absolute atomic E-state index is 14.3. The summed E-state index contributed by atoms with van der Waals surface area (Å²) in [5.41, 5.74) is -0.481. The lowest BCUT2D eigenvalue weighted by molar-refractivity contribution is -0.130. The lowest BCUT2D eigenvalue weighted by Gasteiger charge is -2.36. The SMILES string of the molecule is CC(=O)NC1(C(=O)Nc2ccc(F)c(NC(=O)C3CCCCC3)c2)CCCCC1. The summed E-state index contributed by atoms with van der Waals surface area (Å²) < 4.78 is 14.3. The molecule has 2 aliphatic rings. The van der Waals surface area contributed by atoms with Gasteiger partial charge in [-0.25, -0.2) is 4.39 Å². The summed E-state index contributed by atoms with van der Waals surface area (Å²) in [4.78, 5) is 37.1. The molecule has 0 aliphatic heterocycles. The number of hydrogen-bond acceptors (Lipinski definition) is 3. The molecule has 7 heteroatoms. The standard InChI is InChI=1S/C22H30FN3O3/c1-15(27)26-22(12-6-3-7-13-22)21(29)24-17-10-11-18(23)19(14-17)25-20(28)16-8-4-2-5-9-16/h10-11,14,16H,2-9,12-13H2,1H3,(H,24,29)(H,25,28)(H,26,27). The summed E-state index contributed by atoms with van der Waals surface area (Å²) in [6.07, 6.45) is 8.71. The molecule has 0 bridgehead atoms. The molecule has 0 saturated heterocycles. The molecule has 2 fully saturated rings. The first-order chi connectivity index (χ1) is 13.9. The van der Waals surface area contributed by atoms with Crippen molar-refractivity contribution in [1.29, 1.82) is 0 Å². The van der Waals surface area contributed by atoms with Gasteiger partial charge < -0.3 is 16.0 Å². The predicted octanol–water partition coefficient (Wildman–Crippen LogP) is 4.12. The smallest absolute Gasteiger partial charge is 0.250 e. The van der Waals surface area contributed by atoms with Gasteiger partial charge >= 0.3 is 0 Å². The van der Waals surface area contributed by atoms with Crippen molar-refractivity contribution in [3.63, 3.8) is 0 Å². The van der Waals surface area contributed by atoms with Crippen molar-refractivity contribution in [2.75, 3.05) is 10.6 Å². The Morgan fingerprint density at radius 3 is 2.28 bits per heavy atom. The maximum Gasteiger partial charge on any atom is 0.250 e. The molecule has 0 radical (unpaired) electrons. The highest BCUT2D eigenvalue weighted by molar-refractivity contribution is 6.01. The van der Waals surface area contributed by atoms with Gasteiger partial charge in [0.15, 0.2) is 0 Å². The lowest BCUT2D eigenvalue weighted by atomic mass is 9.80. The van der Waals surface area contributed by atoms with Crippen LogP contribution in [-0.4, -0.2) is 23.3 Å². The highest BCUT2D eigenvalue weighted by Crippen LogP contribution is 2.31. The molecule has 0 atom stereocenters. The molecule has 1 aromatic rings. The van der Waals surface area contributed by atoms with Gasteiger partial charge in [0.2, 0.25) is 17.7 Å². The van der Waals surface area contributed by atoms with E-state index in [2.05, 4.69) is 16.0 Å². The van der Waals surface area contributed by atoms with E-state index in [-0.39, 0.29) is 29.3 Å². The van der Waals surface area contributed by atoms with Crippen LogP contribution >= 0.6 is 0 Å². The third kappa shape index (κ3) is 5.34. The third-order valence-electron chi connectivity index (χ3n) is 6.02. The molecule has 0 aromatic heterocycles. The van der Waals surface area contributed by atoms with Gasteiger partial charge in [0.05, 0.1) is 5.69 Å². The molecule has 29 heavy (non-hydrogen) atoms. The second kappa shape index (κ2) is 9.37. The van der Waals surface area contributed by atoms with E-state index in [1.165, 1.54) is 25.1 Å². The zero-order valence-electron chi connectivity index (χ0n) is 17.0. The summed E-state index contributed by atoms with van der Waals surface area (Å²) in [5, 5.41) is 8.31. The van der Waals surface area contributed by atoms with Gasteiger partial charge in [-0.05, 0) is 43.9 Å². The van der Waals surface area contributed by atoms with Crippen molar-refractivity contribution in [1.82, 2.24) is 5.32 Å². The van der Waals surface area contributed by atoms with Crippen LogP contribution in [0.3, 0.4) is 0 Å². The number of halogens is 1. The van der Waals surface area contributed by atoms with Crippen molar-refractivity contribution in [3.8, 4) is 0 Å². The van der Waals surface area contributed by atoms with Crippen molar-refractivity contribution >= 4 is 29.1 Å². The number of amides is 3. The summed E-state index contributed by atoms with van der Waals surface area (Å²) in [7, 11) is 0. The number of anilines is 2. The lowest BCUT2D eigenvalue weighted by Crippen LogP contribution is -2.57. The van der Waals surface area contributed by atoms with Crippen molar-refractivity contribution < 1.29 is 18.8 Å². The van der Waals surface area contributed by atoms with Crippen LogP contribution in [0, 0.1) is 11.7 Å². The van der Waals surface area contributed by atoms with Gasteiger partial charge in [-0.15, -0.1) is 0 Å². The minimum Gasteiger partial charge on any atom is -0.342 e. The van der Waals surface area contributed by atoms with E-state index in [1.807, 2.05) is 0 Å². The Morgan fingerprint density at radius 1 is 0.966 bits per heavy atom. The molecule has 0 heterocycles. The van der Waals surface area contributed by atoms with Crippen LogP contribution in [0.1, 0.15) is 71.1 Å². The zero-order chi connectivity index (χ0) is 20.9. The Hall–Kier alpha value is -2.44. The highest BCUT2D eigenvalue weighted by Gasteiger charge is 2.40. The summed E-state index contributed by atoms with van der Waals surface area (Å²) in [6.45, 7) is 1.40. The first-order valence-corrected chi connectivity index (χ1v) is 10.6. The Balaban J connectivity index is 1.72. The van der Waals surface area contributed by atoms with Crippen LogP contribution in [-0.2, 0) is 14.4 Å². The fraction of sp³-hybridized carbons (Fsp3) is 0.591. The van der Waals surface area contributed by atoms with Gasteiger partial charge in [0, 0.05) is 18.5 Å². The van der Waals surface area contributed by atoms with E-state index >= 15 is 0 Å². The minimum atomic E-state index is -0.940. The van der Waals surface area contributed by atoms with Crippen LogP contribution in [0.2, 0.25) is 0 Å². The topological polar surface area (TPSA) is 87.3 Å². The van der Waals surface area contributed by atoms with Crippen LogP contribution in [0.25, 0.3) is 0 Å². The molecule has 0 unspecified atom stereocenters. The van der Waals surface area contributed by atoms with Gasteiger partial charge in [-0.2, -0.15) is 0 Å². The molecular weight excluding hydrogens is 373 g/mol. The number of hydrogen-bond donors (Lipinski definition) is 3. The first-order valence-electron chi connectivity index (χ1n) is 10.6. The molecule has 0 spiro atoms. The van der Waals surface area contributed by atoms with E-state index in [0.29, 0.717) is 18.5 Å². The fourth-order valence-corrected chi connectivity index (χ4v) is 4.45. The molecule has 2 saturated carbocycles. The van der Waals surface area contributed by atoms with Gasteiger partial charge in [0.1, 0.15) is 11.4 Å². The van der Waals surface area contributed by atoms with Crippen molar-refractivity contribution in [2.24, 2.45) is 5.92 Å². The van der Waals surface area contributed by atoms with Crippen LogP contribution in [0.4, 0.5) is 15.8 Å². The molecule has 1 aromatic carbocycles. The summed E-state index contributed by atoms with van der Waals surface area (Å²) >= 11 is 0. The van der Waals surface area contributed by atoms with Crippen molar-refractivity contribution in [2.45, 2.75) is 76.7 Å². The number of benzene rings is 1. The molecular formula is C22H30FN3O3. The fourth-order valence-electron chi connectivity index (χ4n) is 4.45. The van der Waals surface area contributed by atoms with E-state index in [9.17, 15) is 18.8 Å². The summed E-state index contributed by atoms with van der Waals surface area (Å²) in [6, 6.07) is 4.14. The maximum atomic E-state index is 14.3. The number of nitrogens with one attached hydrogen (secondary N) is 3. The zero-order valence-corrected chi connectivity index (χ0v) is 17.0. The van der Waals surface area contributed by atoms with Gasteiger partial charge in [0.25, 0.3) is 0 Å². The molecule has 3 rings (SSSR count). The van der Waals surface area contributed by atoms with E-state index in [4.69, 9.17) is 0 Å². The summed E-state index contributed by atoms with van der Waals surface area (Å²) in [5.74, 6) is -1.35. The third-order valence-corrected chi connectivity index (χ3v) is 6.02. The van der Waals surface area contributed by atoms with Crippen LogP contribution < -0.4 is 16.0 Å². The normalized spacial score (nSPS) is 19.2. The molecule has 3 N–H and O–H groups in total. The Morgan fingerprint density at radius 2 is 1.62 bits per heavy atom. The quantitative estimate of drug-likeness (QED) is 0.691. The van der Waals surface area contributed by atoms with E-state index in [0.717, 1.165) is 51.4 Å². The van der Waals surface area contributed by atoms with Crippen LogP contribution in [0.5, 0.6) is 0 Å². The largest absolute Gasteiger partial charge is 0.342 e. The van der Waals surface area contributed by atoms with Gasteiger partial charge in [-0.1, -0.05) is 38.5 Å². The highest BCUT2D eigenvalue weighted by atomic mass is 19.1. The molecule has 2 aliphatic carbocycles. The predicted molar refractivity (Wildman–Crippen MR) is 110 cm³/mol. The van der Waals surface area contributed by atoms with Crippen molar-refractivity contribution in [3.05, 3.63) is 24.0 Å². The Kier molecular flexibility index (Phi) is 6.87. The van der Waals surface area contributed by atoms with E-state index < -0.39 is 11.4 Å². The molecule has 3 amide bonds. The minimum absolute atomic E-state index is 0.0654. The first kappa shape index (κ1) is 21.3. The number of carbonyl (C=O) groups is 3. The Bertz CT molecular complexity index is 769. The second-order valence-corrected chi connectivity index (χ2v) is 8.30. The van der Waals surface area contributed by atoms with E-state index in [1.54, 1.807) is 0 Å². The monoisotopic (exact) mass is 403 g/mol. The second-order valence-electron chi connectivity index (χ2n) is 8.30. The van der Waals surface area contributed by atoms with Gasteiger partial charge in [-0.3, -0.25) is 14.4 Å². The number of rotatable bonds is 5. The Labute approximate surface area is 171 Å². The average molecular weight is 403 g/mol. The average Bonchev–Trinajstić information content (AvgIpc) is 2.71. The molecule has 6 nitrogen and oxygen atoms in total.